The Bertz CT molecular complexity index is 479. The Morgan fingerprint density at radius 1 is 1.45 bits per heavy atom. The summed E-state index contributed by atoms with van der Waals surface area (Å²) in [6, 6.07) is 2.23. The van der Waals surface area contributed by atoms with Gasteiger partial charge in [-0.25, -0.2) is 4.79 Å². The lowest BCUT2D eigenvalue weighted by Crippen LogP contribution is -2.38. The second-order valence-corrected chi connectivity index (χ2v) is 6.98. The van der Waals surface area contributed by atoms with E-state index < -0.39 is 5.60 Å². The number of rotatable bonds is 6. The maximum Gasteiger partial charge on any atom is 0.410 e. The van der Waals surface area contributed by atoms with E-state index in [0.717, 1.165) is 12.2 Å². The van der Waals surface area contributed by atoms with Crippen LogP contribution in [0.1, 0.15) is 46.4 Å². The first-order valence-electron chi connectivity index (χ1n) is 7.75. The Morgan fingerprint density at radius 2 is 2.09 bits per heavy atom. The molecular weight excluding hydrogens is 280 g/mol. The highest BCUT2D eigenvalue weighted by Crippen LogP contribution is 2.12. The quantitative estimate of drug-likeness (QED) is 0.877. The standard InChI is InChI=1S/C16H30N4O2/c1-12(11-19(6)15(21)22-16(3,4)5)10-17-13(2)14-8-9-18-20(14)7/h8-9,12-13,17H,10-11H2,1-7H3. The summed E-state index contributed by atoms with van der Waals surface area (Å²) < 4.78 is 7.23. The minimum Gasteiger partial charge on any atom is -0.444 e. The highest BCUT2D eigenvalue weighted by atomic mass is 16.6. The van der Waals surface area contributed by atoms with Crippen LogP contribution in [0.3, 0.4) is 0 Å². The second-order valence-electron chi connectivity index (χ2n) is 6.98. The molecule has 1 N–H and O–H groups in total. The third kappa shape index (κ3) is 6.05. The average molecular weight is 310 g/mol. The van der Waals surface area contributed by atoms with Crippen LogP contribution in [0.2, 0.25) is 0 Å². The Balaban J connectivity index is 2.38. The monoisotopic (exact) mass is 310 g/mol. The maximum atomic E-state index is 11.9. The number of carbonyl (C=O) groups excluding carboxylic acids is 1. The first-order chi connectivity index (χ1) is 10.1. The molecule has 0 radical (unpaired) electrons. The highest BCUT2D eigenvalue weighted by molar-refractivity contribution is 5.67. The van der Waals surface area contributed by atoms with Crippen LogP contribution in [0.25, 0.3) is 0 Å². The third-order valence-electron chi connectivity index (χ3n) is 3.37. The Hall–Kier alpha value is -1.56. The van der Waals surface area contributed by atoms with Gasteiger partial charge in [-0.05, 0) is 46.2 Å². The molecule has 126 valence electrons. The minimum atomic E-state index is -0.457. The summed E-state index contributed by atoms with van der Waals surface area (Å²) in [7, 11) is 3.71. The molecule has 1 rings (SSSR count). The van der Waals surface area contributed by atoms with Gasteiger partial charge >= 0.3 is 6.09 Å². The van der Waals surface area contributed by atoms with Crippen LogP contribution in [-0.2, 0) is 11.8 Å². The summed E-state index contributed by atoms with van der Waals surface area (Å²) in [5, 5.41) is 7.66. The number of aryl methyl sites for hydroxylation is 1. The van der Waals surface area contributed by atoms with Gasteiger partial charge in [-0.1, -0.05) is 6.92 Å². The summed E-state index contributed by atoms with van der Waals surface area (Å²) in [5.74, 6) is 0.327. The maximum absolute atomic E-state index is 11.9. The van der Waals surface area contributed by atoms with Crippen LogP contribution in [0.4, 0.5) is 4.79 Å². The largest absolute Gasteiger partial charge is 0.444 e. The lowest BCUT2D eigenvalue weighted by Gasteiger charge is -2.27. The third-order valence-corrected chi connectivity index (χ3v) is 3.37. The molecule has 0 aliphatic carbocycles. The summed E-state index contributed by atoms with van der Waals surface area (Å²) in [4.78, 5) is 13.6. The van der Waals surface area contributed by atoms with Gasteiger partial charge < -0.3 is 15.0 Å². The van der Waals surface area contributed by atoms with E-state index in [1.165, 1.54) is 0 Å². The van der Waals surface area contributed by atoms with Crippen LogP contribution in [0.5, 0.6) is 0 Å². The van der Waals surface area contributed by atoms with E-state index in [1.807, 2.05) is 38.6 Å². The molecule has 1 aromatic rings. The molecular formula is C16H30N4O2. The molecule has 0 aliphatic heterocycles. The smallest absolute Gasteiger partial charge is 0.410 e. The predicted octanol–water partition coefficient (Wildman–Crippen LogP) is 2.57. The fourth-order valence-electron chi connectivity index (χ4n) is 2.24. The first kappa shape index (κ1) is 18.5. The van der Waals surface area contributed by atoms with Crippen molar-refractivity contribution in [1.82, 2.24) is 20.0 Å². The highest BCUT2D eigenvalue weighted by Gasteiger charge is 2.21. The fraction of sp³-hybridized carbons (Fsp3) is 0.750. The van der Waals surface area contributed by atoms with Gasteiger partial charge in [0.05, 0.1) is 5.69 Å². The number of aromatic nitrogens is 2. The normalized spacial score (nSPS) is 14.5. The molecule has 0 spiro atoms. The van der Waals surface area contributed by atoms with Gasteiger partial charge in [0.15, 0.2) is 0 Å². The zero-order valence-electron chi connectivity index (χ0n) is 14.9. The van der Waals surface area contributed by atoms with E-state index in [2.05, 4.69) is 24.3 Å². The van der Waals surface area contributed by atoms with Gasteiger partial charge in [0.1, 0.15) is 5.60 Å². The number of ether oxygens (including phenoxy) is 1. The molecule has 2 unspecified atom stereocenters. The molecule has 1 amide bonds. The van der Waals surface area contributed by atoms with Crippen molar-refractivity contribution in [1.29, 1.82) is 0 Å². The van der Waals surface area contributed by atoms with Crippen LogP contribution < -0.4 is 5.32 Å². The molecule has 1 heterocycles. The molecule has 0 fully saturated rings. The number of nitrogens with one attached hydrogen (secondary N) is 1. The lowest BCUT2D eigenvalue weighted by atomic mass is 10.1. The van der Waals surface area contributed by atoms with E-state index in [4.69, 9.17) is 4.74 Å². The van der Waals surface area contributed by atoms with Crippen LogP contribution in [0, 0.1) is 5.92 Å². The minimum absolute atomic E-state index is 0.224. The zero-order valence-corrected chi connectivity index (χ0v) is 14.9. The molecule has 6 heteroatoms. The van der Waals surface area contributed by atoms with E-state index in [9.17, 15) is 4.79 Å². The van der Waals surface area contributed by atoms with Gasteiger partial charge in [0.2, 0.25) is 0 Å². The van der Waals surface area contributed by atoms with E-state index in [1.54, 1.807) is 18.1 Å². The zero-order chi connectivity index (χ0) is 16.9. The lowest BCUT2D eigenvalue weighted by molar-refractivity contribution is 0.0276. The molecule has 0 bridgehead atoms. The van der Waals surface area contributed by atoms with Crippen molar-refractivity contribution in [3.05, 3.63) is 18.0 Å². The van der Waals surface area contributed by atoms with Gasteiger partial charge in [-0.3, -0.25) is 4.68 Å². The molecule has 0 aromatic carbocycles. The van der Waals surface area contributed by atoms with Crippen molar-refractivity contribution in [2.75, 3.05) is 20.1 Å². The molecule has 1 aromatic heterocycles. The number of hydrogen-bond donors (Lipinski definition) is 1. The Kier molecular flexibility index (Phi) is 6.41. The van der Waals surface area contributed by atoms with Crippen LogP contribution >= 0.6 is 0 Å². The van der Waals surface area contributed by atoms with Crippen molar-refractivity contribution < 1.29 is 9.53 Å². The van der Waals surface area contributed by atoms with Crippen molar-refractivity contribution in [2.24, 2.45) is 13.0 Å². The molecule has 22 heavy (non-hydrogen) atoms. The van der Waals surface area contributed by atoms with Crippen molar-refractivity contribution in [3.63, 3.8) is 0 Å². The van der Waals surface area contributed by atoms with E-state index in [-0.39, 0.29) is 12.1 Å². The average Bonchev–Trinajstić information content (AvgIpc) is 2.80. The van der Waals surface area contributed by atoms with E-state index >= 15 is 0 Å². The Morgan fingerprint density at radius 3 is 2.59 bits per heavy atom. The Labute approximate surface area is 133 Å². The van der Waals surface area contributed by atoms with Gasteiger partial charge in [-0.15, -0.1) is 0 Å². The van der Waals surface area contributed by atoms with Gasteiger partial charge in [0, 0.05) is 32.9 Å². The first-order valence-corrected chi connectivity index (χ1v) is 7.75. The molecule has 0 aliphatic rings. The number of carbonyl (C=O) groups is 1. The topological polar surface area (TPSA) is 59.4 Å². The van der Waals surface area contributed by atoms with Crippen molar-refractivity contribution in [2.45, 2.75) is 46.3 Å². The summed E-state index contributed by atoms with van der Waals surface area (Å²) in [5.41, 5.74) is 0.689. The van der Waals surface area contributed by atoms with Crippen molar-refractivity contribution >= 4 is 6.09 Å². The number of nitrogens with zero attached hydrogens (tertiary/aromatic N) is 3. The summed E-state index contributed by atoms with van der Waals surface area (Å²) >= 11 is 0. The number of hydrogen-bond acceptors (Lipinski definition) is 4. The summed E-state index contributed by atoms with van der Waals surface area (Å²) in [6.45, 7) is 11.3. The SMILES string of the molecule is CC(CNC(C)c1ccnn1C)CN(C)C(=O)OC(C)(C)C. The van der Waals surface area contributed by atoms with Gasteiger partial charge in [-0.2, -0.15) is 5.10 Å². The summed E-state index contributed by atoms with van der Waals surface area (Å²) in [6.07, 6.45) is 1.52. The number of amides is 1. The molecule has 0 saturated carbocycles. The second kappa shape index (κ2) is 7.63. The molecule has 0 saturated heterocycles. The molecule has 2 atom stereocenters. The van der Waals surface area contributed by atoms with Crippen molar-refractivity contribution in [3.8, 4) is 0 Å². The van der Waals surface area contributed by atoms with Crippen LogP contribution in [-0.4, -0.2) is 46.5 Å². The fourth-order valence-corrected chi connectivity index (χ4v) is 2.24. The van der Waals surface area contributed by atoms with Crippen LogP contribution in [0.15, 0.2) is 12.3 Å². The predicted molar refractivity (Wildman–Crippen MR) is 87.7 cm³/mol. The van der Waals surface area contributed by atoms with E-state index in [0.29, 0.717) is 12.5 Å². The molecule has 6 nitrogen and oxygen atoms in total. The van der Waals surface area contributed by atoms with Gasteiger partial charge in [0.25, 0.3) is 0 Å².